The Morgan fingerprint density at radius 1 is 1.47 bits per heavy atom. The van der Waals surface area contributed by atoms with Crippen molar-refractivity contribution in [2.24, 2.45) is 0 Å². The fourth-order valence-electron chi connectivity index (χ4n) is 1.80. The van der Waals surface area contributed by atoms with E-state index in [1.165, 1.54) is 0 Å². The first kappa shape index (κ1) is 10.5. The molecule has 0 aromatic carbocycles. The zero-order valence-electron chi connectivity index (χ0n) is 8.56. The van der Waals surface area contributed by atoms with Crippen molar-refractivity contribution in [2.75, 3.05) is 17.2 Å². The fourth-order valence-corrected chi connectivity index (χ4v) is 3.53. The van der Waals surface area contributed by atoms with Gasteiger partial charge in [-0.15, -0.1) is 0 Å². The zero-order valence-corrected chi connectivity index (χ0v) is 9.38. The summed E-state index contributed by atoms with van der Waals surface area (Å²) >= 11 is 0. The van der Waals surface area contributed by atoms with Gasteiger partial charge in [0.25, 0.3) is 6.01 Å². The molecule has 5 nitrogen and oxygen atoms in total. The normalized spacial score (nSPS) is 23.8. The Labute approximate surface area is 88.6 Å². The number of nitrogens with two attached hydrogens (primary N) is 1. The third-order valence-electron chi connectivity index (χ3n) is 3.05. The van der Waals surface area contributed by atoms with Gasteiger partial charge in [0.1, 0.15) is 15.6 Å². The molecule has 2 heterocycles. The summed E-state index contributed by atoms with van der Waals surface area (Å²) in [5, 5.41) is 0. The molecular weight excluding hydrogens is 216 g/mol. The van der Waals surface area contributed by atoms with E-state index in [0.717, 1.165) is 0 Å². The molecule has 1 aliphatic rings. The highest BCUT2D eigenvalue weighted by Crippen LogP contribution is 2.36. The minimum atomic E-state index is -2.85. The van der Waals surface area contributed by atoms with Crippen LogP contribution in [0.2, 0.25) is 0 Å². The van der Waals surface area contributed by atoms with Crippen molar-refractivity contribution in [3.05, 3.63) is 12.0 Å². The topological polar surface area (TPSA) is 86.2 Å². The number of nitrogen functional groups attached to an aromatic ring is 1. The summed E-state index contributed by atoms with van der Waals surface area (Å²) in [4.78, 5) is 3.84. The van der Waals surface area contributed by atoms with Gasteiger partial charge in [0.15, 0.2) is 0 Å². The van der Waals surface area contributed by atoms with E-state index >= 15 is 0 Å². The number of sulfone groups is 1. The number of rotatable bonds is 1. The van der Waals surface area contributed by atoms with Crippen LogP contribution < -0.4 is 5.73 Å². The predicted molar refractivity (Wildman–Crippen MR) is 56.2 cm³/mol. The van der Waals surface area contributed by atoms with Crippen molar-refractivity contribution in [1.29, 1.82) is 0 Å². The minimum Gasteiger partial charge on any atom is -0.428 e. The molecule has 1 aromatic rings. The molecule has 0 aliphatic carbocycles. The molecule has 0 unspecified atom stereocenters. The lowest BCUT2D eigenvalue weighted by molar-refractivity contribution is 0.336. The van der Waals surface area contributed by atoms with Crippen molar-refractivity contribution < 1.29 is 12.8 Å². The first-order valence-electron chi connectivity index (χ1n) is 4.84. The smallest absolute Gasteiger partial charge is 0.292 e. The van der Waals surface area contributed by atoms with Crippen LogP contribution in [0.4, 0.5) is 6.01 Å². The van der Waals surface area contributed by atoms with Gasteiger partial charge < -0.3 is 10.2 Å². The van der Waals surface area contributed by atoms with Gasteiger partial charge in [-0.2, -0.15) is 0 Å². The van der Waals surface area contributed by atoms with Gasteiger partial charge in [-0.1, -0.05) is 6.92 Å². The molecule has 2 N–H and O–H groups in total. The van der Waals surface area contributed by atoms with Crippen LogP contribution >= 0.6 is 0 Å². The molecule has 1 aromatic heterocycles. The monoisotopic (exact) mass is 230 g/mol. The number of hydrogen-bond acceptors (Lipinski definition) is 5. The largest absolute Gasteiger partial charge is 0.428 e. The van der Waals surface area contributed by atoms with E-state index < -0.39 is 9.84 Å². The van der Waals surface area contributed by atoms with Crippen LogP contribution in [0.15, 0.2) is 10.6 Å². The Balaban J connectivity index is 2.23. The summed E-state index contributed by atoms with van der Waals surface area (Å²) in [6.07, 6.45) is 2.74. The molecule has 0 spiro atoms. The number of aromatic nitrogens is 1. The average molecular weight is 230 g/mol. The highest BCUT2D eigenvalue weighted by Gasteiger charge is 2.37. The van der Waals surface area contributed by atoms with E-state index in [9.17, 15) is 8.42 Å². The summed E-state index contributed by atoms with van der Waals surface area (Å²) in [6.45, 7) is 1.99. The Morgan fingerprint density at radius 2 is 2.07 bits per heavy atom. The summed E-state index contributed by atoms with van der Waals surface area (Å²) in [5.41, 5.74) is 5.16. The molecular formula is C9H14N2O3S. The number of anilines is 1. The highest BCUT2D eigenvalue weighted by molar-refractivity contribution is 7.91. The van der Waals surface area contributed by atoms with E-state index in [-0.39, 0.29) is 22.9 Å². The van der Waals surface area contributed by atoms with Crippen LogP contribution in [-0.2, 0) is 15.3 Å². The fraction of sp³-hybridized carbons (Fsp3) is 0.667. The highest BCUT2D eigenvalue weighted by atomic mass is 32.2. The van der Waals surface area contributed by atoms with Gasteiger partial charge >= 0.3 is 0 Å². The third-order valence-corrected chi connectivity index (χ3v) is 4.70. The lowest BCUT2D eigenvalue weighted by Gasteiger charge is -2.30. The molecule has 0 bridgehead atoms. The Kier molecular flexibility index (Phi) is 2.26. The van der Waals surface area contributed by atoms with Gasteiger partial charge in [0.05, 0.1) is 17.7 Å². The van der Waals surface area contributed by atoms with E-state index in [4.69, 9.17) is 10.2 Å². The molecule has 6 heteroatoms. The van der Waals surface area contributed by atoms with Gasteiger partial charge in [-0.3, -0.25) is 0 Å². The molecule has 15 heavy (non-hydrogen) atoms. The lowest BCUT2D eigenvalue weighted by Crippen LogP contribution is -2.34. The van der Waals surface area contributed by atoms with Gasteiger partial charge in [-0.05, 0) is 12.8 Å². The summed E-state index contributed by atoms with van der Waals surface area (Å²) in [5.74, 6) is 1.11. The lowest BCUT2D eigenvalue weighted by atomic mass is 9.82. The SMILES string of the molecule is CC1(c2cnc(N)o2)CCS(=O)(=O)CC1. The van der Waals surface area contributed by atoms with Crippen LogP contribution in [0.3, 0.4) is 0 Å². The molecule has 84 valence electrons. The second-order valence-electron chi connectivity index (χ2n) is 4.28. The van der Waals surface area contributed by atoms with Crippen LogP contribution in [0, 0.1) is 0 Å². The van der Waals surface area contributed by atoms with Crippen LogP contribution in [0.5, 0.6) is 0 Å². The summed E-state index contributed by atoms with van der Waals surface area (Å²) in [7, 11) is -2.85. The Hall–Kier alpha value is -1.04. The molecule has 1 aliphatic heterocycles. The molecule has 0 atom stereocenters. The predicted octanol–water partition coefficient (Wildman–Crippen LogP) is 0.723. The molecule has 0 saturated carbocycles. The van der Waals surface area contributed by atoms with Crippen molar-refractivity contribution in [1.82, 2.24) is 4.98 Å². The molecule has 0 radical (unpaired) electrons. The standard InChI is InChI=1S/C9H14N2O3S/c1-9(7-6-11-8(10)14-7)2-4-15(12,13)5-3-9/h6H,2-5H2,1H3,(H2,10,11). The van der Waals surface area contributed by atoms with E-state index in [2.05, 4.69) is 4.98 Å². The van der Waals surface area contributed by atoms with E-state index in [1.807, 2.05) is 6.92 Å². The van der Waals surface area contributed by atoms with Crippen LogP contribution in [0.25, 0.3) is 0 Å². The maximum atomic E-state index is 11.3. The Morgan fingerprint density at radius 3 is 2.53 bits per heavy atom. The molecule has 2 rings (SSSR count). The van der Waals surface area contributed by atoms with E-state index in [0.29, 0.717) is 18.6 Å². The van der Waals surface area contributed by atoms with Crippen LogP contribution in [-0.4, -0.2) is 24.9 Å². The molecule has 0 amide bonds. The quantitative estimate of drug-likeness (QED) is 0.768. The number of nitrogens with zero attached hydrogens (tertiary/aromatic N) is 1. The van der Waals surface area contributed by atoms with Gasteiger partial charge in [0, 0.05) is 5.41 Å². The third kappa shape index (κ3) is 1.99. The second kappa shape index (κ2) is 3.23. The molecule has 1 saturated heterocycles. The van der Waals surface area contributed by atoms with Crippen molar-refractivity contribution in [2.45, 2.75) is 25.2 Å². The van der Waals surface area contributed by atoms with E-state index in [1.54, 1.807) is 6.20 Å². The van der Waals surface area contributed by atoms with Gasteiger partial charge in [0.2, 0.25) is 0 Å². The first-order valence-corrected chi connectivity index (χ1v) is 6.66. The summed E-state index contributed by atoms with van der Waals surface area (Å²) < 4.78 is 27.9. The average Bonchev–Trinajstić information content (AvgIpc) is 2.59. The van der Waals surface area contributed by atoms with Crippen molar-refractivity contribution >= 4 is 15.9 Å². The van der Waals surface area contributed by atoms with Crippen molar-refractivity contribution in [3.63, 3.8) is 0 Å². The second-order valence-corrected chi connectivity index (χ2v) is 6.58. The van der Waals surface area contributed by atoms with Crippen LogP contribution in [0.1, 0.15) is 25.5 Å². The van der Waals surface area contributed by atoms with Crippen molar-refractivity contribution in [3.8, 4) is 0 Å². The number of oxazole rings is 1. The maximum absolute atomic E-state index is 11.3. The summed E-state index contributed by atoms with van der Waals surface area (Å²) in [6, 6.07) is 0.139. The number of hydrogen-bond donors (Lipinski definition) is 1. The minimum absolute atomic E-state index is 0.139. The zero-order chi connectivity index (χ0) is 11.1. The van der Waals surface area contributed by atoms with Gasteiger partial charge in [-0.25, -0.2) is 13.4 Å². The maximum Gasteiger partial charge on any atom is 0.292 e. The first-order chi connectivity index (χ1) is 6.91. The Bertz CT molecular complexity index is 449. The molecule has 1 fully saturated rings.